The number of aromatic nitrogens is 2. The lowest BCUT2D eigenvalue weighted by Crippen LogP contribution is -2.14. The topological polar surface area (TPSA) is 89.0 Å². The Morgan fingerprint density at radius 1 is 0.960 bits per heavy atom. The molecule has 0 aliphatic rings. The Bertz CT molecular complexity index is 1000. The largest absolute Gasteiger partial charge is 0.321 e. The summed E-state index contributed by atoms with van der Waals surface area (Å²) in [4.78, 5) is 20.9. The second kappa shape index (κ2) is 6.82. The van der Waals surface area contributed by atoms with Crippen molar-refractivity contribution in [2.24, 2.45) is 0 Å². The Kier molecular flexibility index (Phi) is 4.58. The first-order chi connectivity index (χ1) is 11.9. The van der Waals surface area contributed by atoms with Gasteiger partial charge in [-0.3, -0.25) is 9.78 Å². The van der Waals surface area contributed by atoms with Crippen molar-refractivity contribution in [1.82, 2.24) is 9.97 Å². The fraction of sp³-hybridized carbons (Fsp3) is 0.0556. The van der Waals surface area contributed by atoms with Gasteiger partial charge in [0.15, 0.2) is 9.84 Å². The molecular weight excluding hydrogens is 338 g/mol. The second-order valence-corrected chi connectivity index (χ2v) is 7.42. The van der Waals surface area contributed by atoms with E-state index in [2.05, 4.69) is 15.3 Å². The van der Waals surface area contributed by atoms with Crippen LogP contribution in [0.1, 0.15) is 10.5 Å². The van der Waals surface area contributed by atoms with Crippen LogP contribution >= 0.6 is 0 Å². The number of benzene rings is 2. The summed E-state index contributed by atoms with van der Waals surface area (Å²) in [6.45, 7) is 0. The molecule has 1 amide bonds. The SMILES string of the molecule is CS(=O)(=O)c1ccc(-c2cncc(C(=O)Nc3ccccc3)n2)cc1. The third-order valence-corrected chi connectivity index (χ3v) is 4.61. The van der Waals surface area contributed by atoms with Crippen LogP contribution in [0.2, 0.25) is 0 Å². The van der Waals surface area contributed by atoms with Crippen LogP contribution in [0.3, 0.4) is 0 Å². The molecule has 0 aliphatic carbocycles. The summed E-state index contributed by atoms with van der Waals surface area (Å²) in [6, 6.07) is 15.3. The minimum absolute atomic E-state index is 0.175. The number of hydrogen-bond donors (Lipinski definition) is 1. The van der Waals surface area contributed by atoms with Gasteiger partial charge in [0.1, 0.15) is 5.69 Å². The molecule has 0 radical (unpaired) electrons. The van der Waals surface area contributed by atoms with E-state index in [1.165, 1.54) is 24.5 Å². The van der Waals surface area contributed by atoms with E-state index in [1.807, 2.05) is 18.2 Å². The van der Waals surface area contributed by atoms with Crippen LogP contribution in [0.4, 0.5) is 5.69 Å². The van der Waals surface area contributed by atoms with E-state index in [-0.39, 0.29) is 16.5 Å². The van der Waals surface area contributed by atoms with Crippen molar-refractivity contribution in [3.63, 3.8) is 0 Å². The fourth-order valence-corrected chi connectivity index (χ4v) is 2.83. The molecule has 0 atom stereocenters. The maximum Gasteiger partial charge on any atom is 0.275 e. The molecule has 1 heterocycles. The minimum Gasteiger partial charge on any atom is -0.321 e. The summed E-state index contributed by atoms with van der Waals surface area (Å²) in [5, 5.41) is 2.75. The van der Waals surface area contributed by atoms with Crippen molar-refractivity contribution in [2.45, 2.75) is 4.90 Å². The Morgan fingerprint density at radius 2 is 1.64 bits per heavy atom. The summed E-state index contributed by atoms with van der Waals surface area (Å²) in [7, 11) is -3.26. The summed E-state index contributed by atoms with van der Waals surface area (Å²) < 4.78 is 23.0. The zero-order valence-electron chi connectivity index (χ0n) is 13.4. The molecule has 25 heavy (non-hydrogen) atoms. The van der Waals surface area contributed by atoms with Gasteiger partial charge in [0.2, 0.25) is 0 Å². The number of amides is 1. The molecule has 1 N–H and O–H groups in total. The van der Waals surface area contributed by atoms with Gasteiger partial charge >= 0.3 is 0 Å². The lowest BCUT2D eigenvalue weighted by atomic mass is 10.1. The van der Waals surface area contributed by atoms with Gasteiger partial charge < -0.3 is 5.32 Å². The first kappa shape index (κ1) is 16.8. The third kappa shape index (κ3) is 4.07. The third-order valence-electron chi connectivity index (χ3n) is 3.48. The molecule has 6 nitrogen and oxygen atoms in total. The van der Waals surface area contributed by atoms with Gasteiger partial charge in [0.05, 0.1) is 23.0 Å². The highest BCUT2D eigenvalue weighted by molar-refractivity contribution is 7.90. The zero-order valence-corrected chi connectivity index (χ0v) is 14.2. The van der Waals surface area contributed by atoms with Gasteiger partial charge in [0.25, 0.3) is 5.91 Å². The molecule has 0 saturated carbocycles. The van der Waals surface area contributed by atoms with Crippen LogP contribution in [0.15, 0.2) is 71.9 Å². The highest BCUT2D eigenvalue weighted by atomic mass is 32.2. The molecule has 0 bridgehead atoms. The molecular formula is C18H15N3O3S. The number of nitrogens with one attached hydrogen (secondary N) is 1. The van der Waals surface area contributed by atoms with Crippen molar-refractivity contribution in [2.75, 3.05) is 11.6 Å². The summed E-state index contributed by atoms with van der Waals surface area (Å²) in [5.41, 5.74) is 2.00. The number of para-hydroxylation sites is 1. The van der Waals surface area contributed by atoms with Crippen LogP contribution in [0.25, 0.3) is 11.3 Å². The van der Waals surface area contributed by atoms with Gasteiger partial charge in [0, 0.05) is 17.5 Å². The number of carbonyl (C=O) groups excluding carboxylic acids is 1. The normalized spacial score (nSPS) is 11.1. The van der Waals surface area contributed by atoms with Crippen molar-refractivity contribution < 1.29 is 13.2 Å². The van der Waals surface area contributed by atoms with E-state index in [0.717, 1.165) is 6.26 Å². The standard InChI is InChI=1S/C18H15N3O3S/c1-25(23,24)15-9-7-13(8-10-15)16-11-19-12-17(21-16)18(22)20-14-5-3-2-4-6-14/h2-12H,1H3,(H,20,22). The molecule has 3 aromatic rings. The molecule has 0 saturated heterocycles. The van der Waals surface area contributed by atoms with Crippen molar-refractivity contribution in [3.05, 3.63) is 72.7 Å². The maximum absolute atomic E-state index is 12.3. The van der Waals surface area contributed by atoms with Gasteiger partial charge in [-0.15, -0.1) is 0 Å². The predicted octanol–water partition coefficient (Wildman–Crippen LogP) is 2.80. The highest BCUT2D eigenvalue weighted by Gasteiger charge is 2.11. The first-order valence-corrected chi connectivity index (χ1v) is 9.31. The minimum atomic E-state index is -3.26. The van der Waals surface area contributed by atoms with E-state index in [4.69, 9.17) is 0 Å². The Labute approximate surface area is 145 Å². The number of hydrogen-bond acceptors (Lipinski definition) is 5. The van der Waals surface area contributed by atoms with E-state index < -0.39 is 9.84 Å². The predicted molar refractivity (Wildman–Crippen MR) is 95.0 cm³/mol. The van der Waals surface area contributed by atoms with Crippen molar-refractivity contribution >= 4 is 21.4 Å². The monoisotopic (exact) mass is 353 g/mol. The van der Waals surface area contributed by atoms with Gasteiger partial charge in [-0.25, -0.2) is 13.4 Å². The van der Waals surface area contributed by atoms with Crippen LogP contribution < -0.4 is 5.32 Å². The number of anilines is 1. The molecule has 1 aromatic heterocycles. The summed E-state index contributed by atoms with van der Waals surface area (Å²) in [6.07, 6.45) is 4.05. The molecule has 0 aliphatic heterocycles. The van der Waals surface area contributed by atoms with Crippen LogP contribution in [-0.4, -0.2) is 30.5 Å². The van der Waals surface area contributed by atoms with E-state index in [9.17, 15) is 13.2 Å². The highest BCUT2D eigenvalue weighted by Crippen LogP contribution is 2.19. The Balaban J connectivity index is 1.85. The van der Waals surface area contributed by atoms with Crippen molar-refractivity contribution in [1.29, 1.82) is 0 Å². The lowest BCUT2D eigenvalue weighted by molar-refractivity contribution is 0.102. The molecule has 0 spiro atoms. The zero-order chi connectivity index (χ0) is 17.9. The lowest BCUT2D eigenvalue weighted by Gasteiger charge is -2.06. The van der Waals surface area contributed by atoms with E-state index in [1.54, 1.807) is 24.3 Å². The maximum atomic E-state index is 12.3. The summed E-state index contributed by atoms with van der Waals surface area (Å²) in [5.74, 6) is -0.367. The molecule has 126 valence electrons. The molecule has 0 unspecified atom stereocenters. The van der Waals surface area contributed by atoms with Crippen molar-refractivity contribution in [3.8, 4) is 11.3 Å². The molecule has 0 fully saturated rings. The fourth-order valence-electron chi connectivity index (χ4n) is 2.20. The Morgan fingerprint density at radius 3 is 2.28 bits per heavy atom. The number of carbonyl (C=O) groups is 1. The van der Waals surface area contributed by atoms with Crippen LogP contribution in [0.5, 0.6) is 0 Å². The average molecular weight is 353 g/mol. The average Bonchev–Trinajstić information content (AvgIpc) is 2.62. The number of nitrogens with zero attached hydrogens (tertiary/aromatic N) is 2. The van der Waals surface area contributed by atoms with E-state index in [0.29, 0.717) is 16.9 Å². The second-order valence-electron chi connectivity index (χ2n) is 5.41. The smallest absolute Gasteiger partial charge is 0.275 e. The first-order valence-electron chi connectivity index (χ1n) is 7.42. The van der Waals surface area contributed by atoms with Crippen LogP contribution in [0, 0.1) is 0 Å². The van der Waals surface area contributed by atoms with Crippen LogP contribution in [-0.2, 0) is 9.84 Å². The quantitative estimate of drug-likeness (QED) is 0.779. The molecule has 2 aromatic carbocycles. The number of sulfone groups is 1. The Hall–Kier alpha value is -3.06. The van der Waals surface area contributed by atoms with Gasteiger partial charge in [-0.05, 0) is 24.3 Å². The summed E-state index contributed by atoms with van der Waals surface area (Å²) >= 11 is 0. The number of rotatable bonds is 4. The molecule has 3 rings (SSSR count). The van der Waals surface area contributed by atoms with E-state index >= 15 is 0 Å². The van der Waals surface area contributed by atoms with Gasteiger partial charge in [-0.2, -0.15) is 0 Å². The molecule has 7 heteroatoms. The van der Waals surface area contributed by atoms with Gasteiger partial charge in [-0.1, -0.05) is 30.3 Å².